The monoisotopic (exact) mass is 268 g/mol. The summed E-state index contributed by atoms with van der Waals surface area (Å²) in [6.45, 7) is 5.19. The highest BCUT2D eigenvalue weighted by molar-refractivity contribution is 5.35. The van der Waals surface area contributed by atoms with Gasteiger partial charge in [0.05, 0.1) is 13.2 Å². The molecule has 1 aromatic heterocycles. The van der Waals surface area contributed by atoms with Gasteiger partial charge in [0.15, 0.2) is 0 Å². The zero-order chi connectivity index (χ0) is 14.1. The molecule has 0 aromatic carbocycles. The third kappa shape index (κ3) is 5.52. The van der Waals surface area contributed by atoms with Crippen LogP contribution in [-0.4, -0.2) is 49.9 Å². The summed E-state index contributed by atoms with van der Waals surface area (Å²) in [5, 5.41) is 0. The zero-order valence-corrected chi connectivity index (χ0v) is 11.9. The lowest BCUT2D eigenvalue weighted by Gasteiger charge is -2.28. The van der Waals surface area contributed by atoms with Crippen LogP contribution in [0.15, 0.2) is 18.3 Å². The van der Waals surface area contributed by atoms with E-state index in [1.807, 2.05) is 12.1 Å². The number of anilines is 1. The lowest BCUT2D eigenvalue weighted by molar-refractivity contribution is 0.0705. The second-order valence-corrected chi connectivity index (χ2v) is 4.46. The van der Waals surface area contributed by atoms with Gasteiger partial charge in [-0.25, -0.2) is 10.8 Å². The second kappa shape index (κ2) is 8.82. The molecule has 0 saturated carbocycles. The molecule has 1 unspecified atom stereocenters. The van der Waals surface area contributed by atoms with Crippen LogP contribution in [-0.2, 0) is 16.0 Å². The molecule has 1 atom stereocenters. The van der Waals surface area contributed by atoms with E-state index in [4.69, 9.17) is 15.3 Å². The molecule has 0 aliphatic heterocycles. The van der Waals surface area contributed by atoms with E-state index in [9.17, 15) is 0 Å². The molecule has 0 bridgehead atoms. The van der Waals surface area contributed by atoms with Gasteiger partial charge in [-0.3, -0.25) is 4.90 Å². The number of nitrogen functional groups attached to an aromatic ring is 1. The molecule has 0 spiro atoms. The third-order valence-electron chi connectivity index (χ3n) is 2.97. The Morgan fingerprint density at radius 2 is 2.21 bits per heavy atom. The smallest absolute Gasteiger partial charge is 0.140 e. The molecule has 0 saturated heterocycles. The van der Waals surface area contributed by atoms with Crippen LogP contribution in [0.4, 0.5) is 5.82 Å². The van der Waals surface area contributed by atoms with E-state index < -0.39 is 0 Å². The molecule has 1 aromatic rings. The number of aromatic nitrogens is 1. The summed E-state index contributed by atoms with van der Waals surface area (Å²) in [5.74, 6) is 6.04. The van der Waals surface area contributed by atoms with E-state index >= 15 is 0 Å². The van der Waals surface area contributed by atoms with Gasteiger partial charge < -0.3 is 14.9 Å². The Balaban J connectivity index is 2.68. The Hall–Kier alpha value is -1.21. The van der Waals surface area contributed by atoms with Gasteiger partial charge in [-0.1, -0.05) is 0 Å². The molecule has 19 heavy (non-hydrogen) atoms. The first-order chi connectivity index (χ1) is 9.21. The largest absolute Gasteiger partial charge is 0.383 e. The minimum atomic E-state index is 0.322. The average molecular weight is 268 g/mol. The van der Waals surface area contributed by atoms with Gasteiger partial charge >= 0.3 is 0 Å². The van der Waals surface area contributed by atoms with Crippen molar-refractivity contribution in [2.24, 2.45) is 5.84 Å². The van der Waals surface area contributed by atoms with E-state index in [1.54, 1.807) is 20.4 Å². The van der Waals surface area contributed by atoms with Crippen molar-refractivity contribution in [3.8, 4) is 0 Å². The lowest BCUT2D eigenvalue weighted by atomic mass is 10.2. The summed E-state index contributed by atoms with van der Waals surface area (Å²) in [6, 6.07) is 4.25. The summed E-state index contributed by atoms with van der Waals surface area (Å²) in [5.41, 5.74) is 3.71. The van der Waals surface area contributed by atoms with Crippen LogP contribution in [0.1, 0.15) is 12.5 Å². The highest BCUT2D eigenvalue weighted by Crippen LogP contribution is 2.11. The van der Waals surface area contributed by atoms with Gasteiger partial charge in [0.1, 0.15) is 5.82 Å². The molecule has 1 heterocycles. The number of hydrogen-bond acceptors (Lipinski definition) is 6. The van der Waals surface area contributed by atoms with Crippen molar-refractivity contribution in [3.05, 3.63) is 23.9 Å². The summed E-state index contributed by atoms with van der Waals surface area (Å²) < 4.78 is 10.4. The first kappa shape index (κ1) is 15.8. The molecule has 0 aliphatic carbocycles. The van der Waals surface area contributed by atoms with Crippen LogP contribution < -0.4 is 11.3 Å². The van der Waals surface area contributed by atoms with E-state index in [1.165, 1.54) is 0 Å². The van der Waals surface area contributed by atoms with Gasteiger partial charge in [-0.2, -0.15) is 0 Å². The first-order valence-corrected chi connectivity index (χ1v) is 6.34. The van der Waals surface area contributed by atoms with Crippen molar-refractivity contribution in [1.29, 1.82) is 0 Å². The molecule has 6 nitrogen and oxygen atoms in total. The molecular weight excluding hydrogens is 244 g/mol. The fourth-order valence-electron chi connectivity index (χ4n) is 1.90. The molecule has 3 N–H and O–H groups in total. The molecule has 1 rings (SSSR count). The van der Waals surface area contributed by atoms with Gasteiger partial charge in [0, 0.05) is 39.5 Å². The average Bonchev–Trinajstić information content (AvgIpc) is 2.43. The SMILES string of the molecule is COCCN(Cc1ccnc(NN)c1)C(C)COC. The van der Waals surface area contributed by atoms with Crippen molar-refractivity contribution in [2.45, 2.75) is 19.5 Å². The van der Waals surface area contributed by atoms with Crippen LogP contribution in [0.5, 0.6) is 0 Å². The number of pyridine rings is 1. The molecule has 108 valence electrons. The maximum Gasteiger partial charge on any atom is 0.140 e. The Morgan fingerprint density at radius 1 is 1.42 bits per heavy atom. The van der Waals surface area contributed by atoms with Crippen molar-refractivity contribution >= 4 is 5.82 Å². The summed E-state index contributed by atoms with van der Waals surface area (Å²) >= 11 is 0. The number of nitrogens with one attached hydrogen (secondary N) is 1. The number of hydrazine groups is 1. The van der Waals surface area contributed by atoms with Gasteiger partial charge in [0.2, 0.25) is 0 Å². The van der Waals surface area contributed by atoms with E-state index in [0.717, 1.165) is 18.7 Å². The minimum Gasteiger partial charge on any atom is -0.383 e. The highest BCUT2D eigenvalue weighted by Gasteiger charge is 2.14. The molecule has 0 radical (unpaired) electrons. The molecule has 0 amide bonds. The number of methoxy groups -OCH3 is 2. The van der Waals surface area contributed by atoms with E-state index in [2.05, 4.69) is 22.2 Å². The van der Waals surface area contributed by atoms with E-state index in [0.29, 0.717) is 25.1 Å². The standard InChI is InChI=1S/C13H24N4O2/c1-11(10-19-3)17(6-7-18-2)9-12-4-5-15-13(8-12)16-14/h4-5,8,11H,6-7,9-10,14H2,1-3H3,(H,15,16). The highest BCUT2D eigenvalue weighted by atomic mass is 16.5. The minimum absolute atomic E-state index is 0.322. The number of rotatable bonds is 9. The number of nitrogens with two attached hydrogens (primary N) is 1. The van der Waals surface area contributed by atoms with Crippen molar-refractivity contribution in [1.82, 2.24) is 9.88 Å². The molecule has 6 heteroatoms. The van der Waals surface area contributed by atoms with Crippen LogP contribution in [0.25, 0.3) is 0 Å². The predicted octanol–water partition coefficient (Wildman–Crippen LogP) is 0.850. The first-order valence-electron chi connectivity index (χ1n) is 6.34. The van der Waals surface area contributed by atoms with Crippen LogP contribution in [0, 0.1) is 0 Å². The summed E-state index contributed by atoms with van der Waals surface area (Å²) in [6.07, 6.45) is 1.75. The van der Waals surface area contributed by atoms with Gasteiger partial charge in [-0.15, -0.1) is 0 Å². The van der Waals surface area contributed by atoms with Crippen molar-refractivity contribution in [2.75, 3.05) is 39.4 Å². The Labute approximate surface area is 114 Å². The predicted molar refractivity (Wildman–Crippen MR) is 75.7 cm³/mol. The zero-order valence-electron chi connectivity index (χ0n) is 11.9. The third-order valence-corrected chi connectivity index (χ3v) is 2.97. The van der Waals surface area contributed by atoms with E-state index in [-0.39, 0.29) is 0 Å². The normalized spacial score (nSPS) is 12.7. The number of ether oxygens (including phenoxy) is 2. The van der Waals surface area contributed by atoms with Gasteiger partial charge in [0.25, 0.3) is 0 Å². The molecule has 0 aliphatic rings. The number of nitrogens with zero attached hydrogens (tertiary/aromatic N) is 2. The Kier molecular flexibility index (Phi) is 7.35. The van der Waals surface area contributed by atoms with Crippen LogP contribution in [0.2, 0.25) is 0 Å². The van der Waals surface area contributed by atoms with Crippen molar-refractivity contribution < 1.29 is 9.47 Å². The molecular formula is C13H24N4O2. The topological polar surface area (TPSA) is 72.6 Å². The van der Waals surface area contributed by atoms with Gasteiger partial charge in [-0.05, 0) is 24.6 Å². The Bertz CT molecular complexity index is 362. The lowest BCUT2D eigenvalue weighted by Crippen LogP contribution is -2.38. The Morgan fingerprint density at radius 3 is 2.84 bits per heavy atom. The fourth-order valence-corrected chi connectivity index (χ4v) is 1.90. The van der Waals surface area contributed by atoms with Crippen LogP contribution in [0.3, 0.4) is 0 Å². The fraction of sp³-hybridized carbons (Fsp3) is 0.615. The maximum atomic E-state index is 5.37. The second-order valence-electron chi connectivity index (χ2n) is 4.46. The van der Waals surface area contributed by atoms with Crippen LogP contribution >= 0.6 is 0 Å². The summed E-state index contributed by atoms with van der Waals surface area (Å²) in [4.78, 5) is 6.41. The summed E-state index contributed by atoms with van der Waals surface area (Å²) in [7, 11) is 3.43. The number of hydrogen-bond donors (Lipinski definition) is 2. The van der Waals surface area contributed by atoms with Crippen molar-refractivity contribution in [3.63, 3.8) is 0 Å². The quantitative estimate of drug-likeness (QED) is 0.511. The molecule has 0 fully saturated rings. The maximum absolute atomic E-state index is 5.37.